The quantitative estimate of drug-likeness (QED) is 0.228. The Morgan fingerprint density at radius 1 is 1.00 bits per heavy atom. The van der Waals surface area contributed by atoms with Gasteiger partial charge in [-0.2, -0.15) is 13.2 Å². The van der Waals surface area contributed by atoms with Crippen molar-refractivity contribution in [2.75, 3.05) is 18.5 Å². The van der Waals surface area contributed by atoms with Gasteiger partial charge in [0.1, 0.15) is 11.6 Å². The molecule has 10 heteroatoms. The van der Waals surface area contributed by atoms with E-state index in [-0.39, 0.29) is 17.2 Å². The number of ether oxygens (including phenoxy) is 1. The van der Waals surface area contributed by atoms with Gasteiger partial charge in [0.2, 0.25) is 0 Å². The number of anilines is 1. The third-order valence-corrected chi connectivity index (χ3v) is 6.72. The van der Waals surface area contributed by atoms with E-state index in [4.69, 9.17) is 9.72 Å². The van der Waals surface area contributed by atoms with Gasteiger partial charge in [-0.25, -0.2) is 9.78 Å². The summed E-state index contributed by atoms with van der Waals surface area (Å²) in [7, 11) is 0. The number of nitrogens with zero attached hydrogens (tertiary/aromatic N) is 3. The van der Waals surface area contributed by atoms with Crippen molar-refractivity contribution in [1.29, 1.82) is 0 Å². The molecule has 0 bridgehead atoms. The fourth-order valence-electron chi connectivity index (χ4n) is 4.48. The molecule has 1 N–H and O–H groups in total. The molecule has 0 spiro atoms. The minimum absolute atomic E-state index is 0.222. The van der Waals surface area contributed by atoms with Crippen molar-refractivity contribution in [1.82, 2.24) is 14.5 Å². The number of carbonyl (C=O) groups excluding carboxylic acids is 1. The number of halogens is 3. The van der Waals surface area contributed by atoms with Crippen LogP contribution in [0.25, 0.3) is 16.6 Å². The van der Waals surface area contributed by atoms with Gasteiger partial charge >= 0.3 is 12.2 Å². The third-order valence-electron chi connectivity index (χ3n) is 6.72. The van der Waals surface area contributed by atoms with Crippen LogP contribution in [0.5, 0.6) is 5.75 Å². The molecule has 0 fully saturated rings. The van der Waals surface area contributed by atoms with E-state index in [9.17, 15) is 22.8 Å². The van der Waals surface area contributed by atoms with E-state index < -0.39 is 23.8 Å². The number of urea groups is 1. The van der Waals surface area contributed by atoms with E-state index in [1.165, 1.54) is 16.7 Å². The number of aromatic nitrogens is 2. The summed E-state index contributed by atoms with van der Waals surface area (Å²) < 4.78 is 46.1. The lowest BCUT2D eigenvalue weighted by Crippen LogP contribution is -2.40. The molecule has 2 amide bonds. The molecule has 0 saturated carbocycles. The molecule has 4 aromatic rings. The molecule has 216 valence electrons. The van der Waals surface area contributed by atoms with Gasteiger partial charge in [-0.15, -0.1) is 0 Å². The predicted molar refractivity (Wildman–Crippen MR) is 154 cm³/mol. The Morgan fingerprint density at radius 2 is 1.66 bits per heavy atom. The Bertz CT molecular complexity index is 1550. The lowest BCUT2D eigenvalue weighted by atomic mass is 10.1. The molecule has 0 aliphatic carbocycles. The highest BCUT2D eigenvalue weighted by Gasteiger charge is 2.31. The molecule has 4 rings (SSSR count). The van der Waals surface area contributed by atoms with Crippen molar-refractivity contribution in [2.24, 2.45) is 5.92 Å². The number of benzene rings is 3. The predicted octanol–water partition coefficient (Wildman–Crippen LogP) is 7.44. The molecule has 1 aromatic heterocycles. The second kappa shape index (κ2) is 12.4. The van der Waals surface area contributed by atoms with Crippen LogP contribution in [0.3, 0.4) is 0 Å². The summed E-state index contributed by atoms with van der Waals surface area (Å²) >= 11 is 0. The first kappa shape index (κ1) is 29.6. The van der Waals surface area contributed by atoms with Crippen LogP contribution in [-0.2, 0) is 6.18 Å². The highest BCUT2D eigenvalue weighted by atomic mass is 19.4. The van der Waals surface area contributed by atoms with Crippen LogP contribution >= 0.6 is 0 Å². The number of fused-ring (bicyclic) bond motifs is 1. The first-order valence-electron chi connectivity index (χ1n) is 13.5. The Kier molecular flexibility index (Phi) is 9.00. The minimum atomic E-state index is -4.48. The Hall–Kier alpha value is -4.34. The first-order valence-corrected chi connectivity index (χ1v) is 13.5. The van der Waals surface area contributed by atoms with Crippen LogP contribution in [0.15, 0.2) is 77.6 Å². The van der Waals surface area contributed by atoms with Gasteiger partial charge in [0.15, 0.2) is 0 Å². The number of amides is 2. The molecule has 1 unspecified atom stereocenters. The van der Waals surface area contributed by atoms with Crippen LogP contribution in [0.2, 0.25) is 0 Å². The average molecular weight is 567 g/mol. The maximum Gasteiger partial charge on any atom is 0.416 e. The van der Waals surface area contributed by atoms with Crippen molar-refractivity contribution < 1.29 is 22.7 Å². The maximum absolute atomic E-state index is 13.8. The van der Waals surface area contributed by atoms with Crippen molar-refractivity contribution in [3.05, 3.63) is 94.5 Å². The summed E-state index contributed by atoms with van der Waals surface area (Å²) in [6.07, 6.45) is -3.82. The van der Waals surface area contributed by atoms with Crippen LogP contribution < -0.4 is 15.6 Å². The number of carbonyl (C=O) groups is 1. The summed E-state index contributed by atoms with van der Waals surface area (Å²) in [5.74, 6) is 1.27. The summed E-state index contributed by atoms with van der Waals surface area (Å²) in [4.78, 5) is 33.8. The number of nitrogens with one attached hydrogen (secondary N) is 1. The second-order valence-electron chi connectivity index (χ2n) is 10.1. The molecular formula is C31H33F3N4O3. The fraction of sp³-hybridized carbons (Fsp3) is 0.323. The molecule has 0 aliphatic rings. The van der Waals surface area contributed by atoms with Crippen LogP contribution in [0.1, 0.15) is 51.5 Å². The summed E-state index contributed by atoms with van der Waals surface area (Å²) in [6, 6.07) is 17.2. The number of hydrogen-bond acceptors (Lipinski definition) is 4. The lowest BCUT2D eigenvalue weighted by Gasteiger charge is -2.31. The molecule has 3 aromatic carbocycles. The monoisotopic (exact) mass is 566 g/mol. The Morgan fingerprint density at radius 3 is 2.27 bits per heavy atom. The van der Waals surface area contributed by atoms with E-state index in [0.717, 1.165) is 12.1 Å². The minimum Gasteiger partial charge on any atom is -0.494 e. The molecule has 41 heavy (non-hydrogen) atoms. The van der Waals surface area contributed by atoms with Crippen molar-refractivity contribution in [3.63, 3.8) is 0 Å². The van der Waals surface area contributed by atoms with Crippen molar-refractivity contribution >= 4 is 22.6 Å². The zero-order chi connectivity index (χ0) is 29.7. The third kappa shape index (κ3) is 6.87. The SMILES string of the molecule is CCOc1ccc(-n2c(C(C)N(CCC(C)C)C(=O)Nc3ccc(C(F)(F)F)cc3)nc3ccccc3c2=O)cc1. The number of para-hydroxylation sites is 1. The van der Waals surface area contributed by atoms with E-state index in [0.29, 0.717) is 47.7 Å². The number of alkyl halides is 3. The molecule has 0 radical (unpaired) electrons. The van der Waals surface area contributed by atoms with E-state index >= 15 is 0 Å². The van der Waals surface area contributed by atoms with Gasteiger partial charge in [-0.1, -0.05) is 26.0 Å². The second-order valence-corrected chi connectivity index (χ2v) is 10.1. The highest BCUT2D eigenvalue weighted by molar-refractivity contribution is 5.89. The number of hydrogen-bond donors (Lipinski definition) is 1. The summed E-state index contributed by atoms with van der Waals surface area (Å²) in [5, 5.41) is 3.15. The van der Waals surface area contributed by atoms with Gasteiger partial charge in [-0.05, 0) is 86.8 Å². The van der Waals surface area contributed by atoms with Crippen molar-refractivity contribution in [3.8, 4) is 11.4 Å². The van der Waals surface area contributed by atoms with Gasteiger partial charge in [0.25, 0.3) is 5.56 Å². The zero-order valence-corrected chi connectivity index (χ0v) is 23.4. The molecule has 1 atom stereocenters. The van der Waals surface area contributed by atoms with Crippen molar-refractivity contribution in [2.45, 2.75) is 46.3 Å². The van der Waals surface area contributed by atoms with E-state index in [2.05, 4.69) is 5.32 Å². The molecular weight excluding hydrogens is 533 g/mol. The first-order chi connectivity index (χ1) is 19.5. The molecule has 7 nitrogen and oxygen atoms in total. The average Bonchev–Trinajstić information content (AvgIpc) is 2.93. The van der Waals surface area contributed by atoms with Gasteiger partial charge in [0.05, 0.1) is 34.8 Å². The Balaban J connectivity index is 1.77. The lowest BCUT2D eigenvalue weighted by molar-refractivity contribution is -0.137. The topological polar surface area (TPSA) is 76.5 Å². The molecule has 0 aliphatic heterocycles. The van der Waals surface area contributed by atoms with Gasteiger partial charge in [-0.3, -0.25) is 9.36 Å². The standard InChI is InChI=1S/C31H33F3N4O3/c1-5-41-25-16-14-24(15-17-25)38-28(36-27-9-7-6-8-26(27)29(38)39)21(4)37(19-18-20(2)3)30(40)35-23-12-10-22(11-13-23)31(32,33)34/h6-17,20-21H,5,18-19H2,1-4H3,(H,35,40). The normalized spacial score (nSPS) is 12.4. The maximum atomic E-state index is 13.8. The highest BCUT2D eigenvalue weighted by Crippen LogP contribution is 2.30. The molecule has 1 heterocycles. The zero-order valence-electron chi connectivity index (χ0n) is 23.4. The van der Waals surface area contributed by atoms with E-state index in [1.807, 2.05) is 20.8 Å². The Labute approximate surface area is 236 Å². The van der Waals surface area contributed by atoms with E-state index in [1.54, 1.807) is 60.4 Å². The van der Waals surface area contributed by atoms with Gasteiger partial charge < -0.3 is 15.0 Å². The van der Waals surface area contributed by atoms with Crippen LogP contribution in [0, 0.1) is 5.92 Å². The van der Waals surface area contributed by atoms with Gasteiger partial charge in [0, 0.05) is 12.2 Å². The van der Waals surface area contributed by atoms with Crippen LogP contribution in [0.4, 0.5) is 23.7 Å². The smallest absolute Gasteiger partial charge is 0.416 e. The summed E-state index contributed by atoms with van der Waals surface area (Å²) in [5.41, 5.74) is 0.188. The summed E-state index contributed by atoms with van der Waals surface area (Å²) in [6.45, 7) is 8.55. The van der Waals surface area contributed by atoms with Crippen LogP contribution in [-0.4, -0.2) is 33.6 Å². The largest absolute Gasteiger partial charge is 0.494 e. The number of rotatable bonds is 9. The molecule has 0 saturated heterocycles. The fourth-order valence-corrected chi connectivity index (χ4v) is 4.48.